The number of rotatable bonds is 5. The maximum Gasteiger partial charge on any atom is 0.266 e. The first-order valence-corrected chi connectivity index (χ1v) is 8.93. The number of aromatic nitrogens is 6. The van der Waals surface area contributed by atoms with E-state index >= 15 is 0 Å². The lowest BCUT2D eigenvalue weighted by atomic mass is 9.97. The molecule has 3 aromatic rings. The van der Waals surface area contributed by atoms with Gasteiger partial charge in [-0.25, -0.2) is 14.3 Å². The zero-order valence-electron chi connectivity index (χ0n) is 15.1. The molecule has 140 valence electrons. The van der Waals surface area contributed by atoms with Gasteiger partial charge in [0.15, 0.2) is 5.82 Å². The fourth-order valence-corrected chi connectivity index (χ4v) is 3.25. The molecule has 0 bridgehead atoms. The summed E-state index contributed by atoms with van der Waals surface area (Å²) in [5.41, 5.74) is -0.0931. The van der Waals surface area contributed by atoms with E-state index in [1.807, 2.05) is 12.3 Å². The van der Waals surface area contributed by atoms with Crippen LogP contribution in [0.2, 0.25) is 0 Å². The van der Waals surface area contributed by atoms with Crippen molar-refractivity contribution in [2.24, 2.45) is 5.92 Å². The summed E-state index contributed by atoms with van der Waals surface area (Å²) in [6, 6.07) is 6.80. The van der Waals surface area contributed by atoms with Crippen LogP contribution in [0.1, 0.15) is 12.8 Å². The minimum Gasteiger partial charge on any atom is -0.481 e. The molecule has 4 heterocycles. The Morgan fingerprint density at radius 3 is 2.78 bits per heavy atom. The van der Waals surface area contributed by atoms with Gasteiger partial charge in [0.25, 0.3) is 5.56 Å². The fourth-order valence-electron chi connectivity index (χ4n) is 3.25. The molecule has 1 fully saturated rings. The van der Waals surface area contributed by atoms with Crippen LogP contribution >= 0.6 is 0 Å². The quantitative estimate of drug-likeness (QED) is 0.668. The van der Waals surface area contributed by atoms with Gasteiger partial charge >= 0.3 is 0 Å². The second kappa shape index (κ2) is 7.56. The van der Waals surface area contributed by atoms with E-state index in [1.165, 1.54) is 0 Å². The van der Waals surface area contributed by atoms with Crippen LogP contribution in [0.25, 0.3) is 5.82 Å². The molecular weight excluding hydrogens is 346 g/mol. The predicted octanol–water partition coefficient (Wildman–Crippen LogP) is 1.14. The van der Waals surface area contributed by atoms with Crippen LogP contribution in [0, 0.1) is 5.92 Å². The van der Waals surface area contributed by atoms with Crippen LogP contribution in [0.4, 0.5) is 5.95 Å². The monoisotopic (exact) mass is 367 g/mol. The molecule has 0 N–H and O–H groups in total. The molecule has 0 aliphatic carbocycles. The highest BCUT2D eigenvalue weighted by Gasteiger charge is 2.22. The van der Waals surface area contributed by atoms with Gasteiger partial charge in [-0.15, -0.1) is 5.10 Å². The third kappa shape index (κ3) is 3.81. The van der Waals surface area contributed by atoms with E-state index in [4.69, 9.17) is 4.74 Å². The highest BCUT2D eigenvalue weighted by molar-refractivity contribution is 5.32. The van der Waals surface area contributed by atoms with Crippen molar-refractivity contribution in [3.05, 3.63) is 53.2 Å². The van der Waals surface area contributed by atoms with Gasteiger partial charge in [0.2, 0.25) is 11.8 Å². The smallest absolute Gasteiger partial charge is 0.266 e. The molecule has 0 amide bonds. The van der Waals surface area contributed by atoms with Crippen molar-refractivity contribution in [3.63, 3.8) is 0 Å². The lowest BCUT2D eigenvalue weighted by molar-refractivity contribution is 0.332. The van der Waals surface area contributed by atoms with E-state index in [2.05, 4.69) is 25.1 Å². The van der Waals surface area contributed by atoms with Gasteiger partial charge < -0.3 is 9.64 Å². The van der Waals surface area contributed by atoms with Gasteiger partial charge in [-0.05, 0) is 30.9 Å². The summed E-state index contributed by atoms with van der Waals surface area (Å²) in [7, 11) is 1.60. The van der Waals surface area contributed by atoms with Crippen LogP contribution in [-0.4, -0.2) is 49.7 Å². The molecule has 4 rings (SSSR count). The SMILES string of the molecule is COc1ccnc(N2CCC(Cn3nc(-n4cccn4)ccc3=O)CC2)n1. The average molecular weight is 367 g/mol. The molecule has 1 aliphatic heterocycles. The predicted molar refractivity (Wildman–Crippen MR) is 99.1 cm³/mol. The second-order valence-corrected chi connectivity index (χ2v) is 6.49. The standard InChI is InChI=1S/C18H21N7O2/c1-27-16-5-9-19-18(21-16)23-11-6-14(7-12-23)13-25-17(26)4-3-15(22-25)24-10-2-8-20-24/h2-5,8-10,14H,6-7,11-13H2,1H3. The fraction of sp³-hybridized carbons (Fsp3) is 0.389. The van der Waals surface area contributed by atoms with Crippen molar-refractivity contribution in [1.29, 1.82) is 0 Å². The summed E-state index contributed by atoms with van der Waals surface area (Å²) in [6.45, 7) is 2.28. The van der Waals surface area contributed by atoms with E-state index < -0.39 is 0 Å². The summed E-state index contributed by atoms with van der Waals surface area (Å²) < 4.78 is 8.36. The molecule has 1 aliphatic rings. The Morgan fingerprint density at radius 2 is 2.04 bits per heavy atom. The molecule has 0 aromatic carbocycles. The Morgan fingerprint density at radius 1 is 1.19 bits per heavy atom. The van der Waals surface area contributed by atoms with Crippen molar-refractivity contribution in [2.45, 2.75) is 19.4 Å². The van der Waals surface area contributed by atoms with Crippen LogP contribution in [-0.2, 0) is 6.54 Å². The summed E-state index contributed by atoms with van der Waals surface area (Å²) in [5.74, 6) is 2.27. The van der Waals surface area contributed by atoms with E-state index in [-0.39, 0.29) is 5.56 Å². The highest BCUT2D eigenvalue weighted by atomic mass is 16.5. The molecule has 0 unspecified atom stereocenters. The molecule has 9 heteroatoms. The summed E-state index contributed by atoms with van der Waals surface area (Å²) in [6.07, 6.45) is 7.09. The zero-order valence-corrected chi connectivity index (χ0v) is 15.1. The first-order chi connectivity index (χ1) is 13.2. The number of anilines is 1. The Balaban J connectivity index is 1.42. The molecular formula is C18H21N7O2. The Hall–Kier alpha value is -3.23. The summed E-state index contributed by atoms with van der Waals surface area (Å²) >= 11 is 0. The minimum absolute atomic E-state index is 0.0931. The second-order valence-electron chi connectivity index (χ2n) is 6.49. The van der Waals surface area contributed by atoms with Gasteiger partial charge in [0.05, 0.1) is 7.11 Å². The van der Waals surface area contributed by atoms with Crippen LogP contribution in [0.5, 0.6) is 5.88 Å². The third-order valence-corrected chi connectivity index (χ3v) is 4.75. The molecule has 0 radical (unpaired) electrons. The molecule has 0 saturated carbocycles. The molecule has 3 aromatic heterocycles. The van der Waals surface area contributed by atoms with Gasteiger partial charge in [-0.1, -0.05) is 0 Å². The molecule has 27 heavy (non-hydrogen) atoms. The Kier molecular flexibility index (Phi) is 4.82. The normalized spacial score (nSPS) is 15.1. The lowest BCUT2D eigenvalue weighted by Gasteiger charge is -2.32. The van der Waals surface area contributed by atoms with Gasteiger partial charge in [-0.2, -0.15) is 10.1 Å². The first kappa shape index (κ1) is 17.2. The van der Waals surface area contributed by atoms with Crippen LogP contribution in [0.3, 0.4) is 0 Å². The number of methoxy groups -OCH3 is 1. The van der Waals surface area contributed by atoms with Gasteiger partial charge in [-0.3, -0.25) is 4.79 Å². The Bertz CT molecular complexity index is 946. The van der Waals surface area contributed by atoms with Crippen molar-refractivity contribution in [3.8, 4) is 11.7 Å². The maximum absolute atomic E-state index is 12.2. The minimum atomic E-state index is -0.0931. The van der Waals surface area contributed by atoms with E-state index in [0.29, 0.717) is 30.1 Å². The number of hydrogen-bond donors (Lipinski definition) is 0. The number of ether oxygens (including phenoxy) is 1. The topological polar surface area (TPSA) is 91.0 Å². The lowest BCUT2D eigenvalue weighted by Crippen LogP contribution is -2.37. The first-order valence-electron chi connectivity index (χ1n) is 8.93. The number of piperidine rings is 1. The van der Waals surface area contributed by atoms with Crippen molar-refractivity contribution in [1.82, 2.24) is 29.5 Å². The summed E-state index contributed by atoms with van der Waals surface area (Å²) in [5, 5.41) is 8.63. The van der Waals surface area contributed by atoms with E-state index in [9.17, 15) is 4.79 Å². The maximum atomic E-state index is 12.2. The third-order valence-electron chi connectivity index (χ3n) is 4.75. The van der Waals surface area contributed by atoms with Crippen LogP contribution in [0.15, 0.2) is 47.7 Å². The van der Waals surface area contributed by atoms with Crippen LogP contribution < -0.4 is 15.2 Å². The molecule has 1 saturated heterocycles. The largest absolute Gasteiger partial charge is 0.481 e. The molecule has 0 atom stereocenters. The van der Waals surface area contributed by atoms with Crippen molar-refractivity contribution < 1.29 is 4.74 Å². The molecule has 0 spiro atoms. The van der Waals surface area contributed by atoms with E-state index in [0.717, 1.165) is 25.9 Å². The number of hydrogen-bond acceptors (Lipinski definition) is 7. The number of nitrogens with zero attached hydrogens (tertiary/aromatic N) is 7. The Labute approximate surface area is 156 Å². The van der Waals surface area contributed by atoms with Gasteiger partial charge in [0.1, 0.15) is 0 Å². The van der Waals surface area contributed by atoms with E-state index in [1.54, 1.807) is 47.1 Å². The van der Waals surface area contributed by atoms with Gasteiger partial charge in [0, 0.05) is 50.4 Å². The van der Waals surface area contributed by atoms with Crippen molar-refractivity contribution in [2.75, 3.05) is 25.1 Å². The summed E-state index contributed by atoms with van der Waals surface area (Å²) in [4.78, 5) is 23.1. The van der Waals surface area contributed by atoms with Crippen molar-refractivity contribution >= 4 is 5.95 Å². The average Bonchev–Trinajstić information content (AvgIpc) is 3.25. The molecule has 9 nitrogen and oxygen atoms in total. The highest BCUT2D eigenvalue weighted by Crippen LogP contribution is 2.22. The zero-order chi connectivity index (χ0) is 18.6.